The number of hydrogen-bond donors (Lipinski definition) is 2. The van der Waals surface area contributed by atoms with E-state index in [-0.39, 0.29) is 18.5 Å². The van der Waals surface area contributed by atoms with Gasteiger partial charge < -0.3 is 15.4 Å². The summed E-state index contributed by atoms with van der Waals surface area (Å²) in [6, 6.07) is 5.91. The van der Waals surface area contributed by atoms with Gasteiger partial charge in [0.25, 0.3) is 0 Å². The summed E-state index contributed by atoms with van der Waals surface area (Å²) in [6.07, 6.45) is 0. The van der Waals surface area contributed by atoms with Gasteiger partial charge in [-0.05, 0) is 32.4 Å². The van der Waals surface area contributed by atoms with Crippen LogP contribution < -0.4 is 15.4 Å². The van der Waals surface area contributed by atoms with Crippen LogP contribution in [0.2, 0.25) is 0 Å². The standard InChI is InChI=1S/C13H20N2O2/c1-9(2)15-13(16)8-14-12-7-11(17-4)6-5-10(12)3/h5-7,9,14H,8H2,1-4H3,(H,15,16). The Bertz CT molecular complexity index is 389. The number of hydrogen-bond acceptors (Lipinski definition) is 3. The number of aryl methyl sites for hydroxylation is 1. The number of anilines is 1. The molecular weight excluding hydrogens is 216 g/mol. The van der Waals surface area contributed by atoms with Gasteiger partial charge >= 0.3 is 0 Å². The maximum Gasteiger partial charge on any atom is 0.239 e. The first-order chi connectivity index (χ1) is 8.02. The van der Waals surface area contributed by atoms with Crippen LogP contribution in [0.1, 0.15) is 19.4 Å². The zero-order valence-corrected chi connectivity index (χ0v) is 10.8. The van der Waals surface area contributed by atoms with Crippen LogP contribution in [-0.4, -0.2) is 25.6 Å². The first-order valence-corrected chi connectivity index (χ1v) is 5.71. The molecular formula is C13H20N2O2. The molecule has 0 bridgehead atoms. The minimum atomic E-state index is -0.0118. The fourth-order valence-corrected chi connectivity index (χ4v) is 1.47. The maximum atomic E-state index is 11.5. The van der Waals surface area contributed by atoms with Crippen LogP contribution in [0.4, 0.5) is 5.69 Å². The number of methoxy groups -OCH3 is 1. The smallest absolute Gasteiger partial charge is 0.239 e. The molecule has 0 aliphatic carbocycles. The summed E-state index contributed by atoms with van der Waals surface area (Å²) in [6.45, 7) is 6.14. The molecule has 1 amide bonds. The minimum Gasteiger partial charge on any atom is -0.497 e. The van der Waals surface area contributed by atoms with Crippen molar-refractivity contribution in [3.63, 3.8) is 0 Å². The largest absolute Gasteiger partial charge is 0.497 e. The summed E-state index contributed by atoms with van der Waals surface area (Å²) in [4.78, 5) is 11.5. The zero-order valence-electron chi connectivity index (χ0n) is 10.8. The molecule has 0 saturated carbocycles. The number of carbonyl (C=O) groups is 1. The molecule has 0 aromatic heterocycles. The Morgan fingerprint density at radius 1 is 1.41 bits per heavy atom. The summed E-state index contributed by atoms with van der Waals surface area (Å²) in [5, 5.41) is 5.93. The first-order valence-electron chi connectivity index (χ1n) is 5.71. The Morgan fingerprint density at radius 3 is 2.71 bits per heavy atom. The number of carbonyl (C=O) groups excluding carboxylic acids is 1. The van der Waals surface area contributed by atoms with Crippen molar-refractivity contribution >= 4 is 11.6 Å². The highest BCUT2D eigenvalue weighted by molar-refractivity contribution is 5.81. The van der Waals surface area contributed by atoms with Crippen molar-refractivity contribution in [3.8, 4) is 5.75 Å². The molecule has 0 saturated heterocycles. The van der Waals surface area contributed by atoms with Crippen molar-refractivity contribution < 1.29 is 9.53 Å². The number of nitrogens with one attached hydrogen (secondary N) is 2. The van der Waals surface area contributed by atoms with E-state index in [1.165, 1.54) is 0 Å². The molecule has 0 atom stereocenters. The van der Waals surface area contributed by atoms with E-state index in [2.05, 4.69) is 10.6 Å². The van der Waals surface area contributed by atoms with E-state index >= 15 is 0 Å². The molecule has 1 aromatic carbocycles. The van der Waals surface area contributed by atoms with Crippen molar-refractivity contribution in [1.29, 1.82) is 0 Å². The van der Waals surface area contributed by atoms with E-state index in [1.54, 1.807) is 7.11 Å². The molecule has 0 aliphatic rings. The molecule has 0 unspecified atom stereocenters. The van der Waals surface area contributed by atoms with Gasteiger partial charge in [0.05, 0.1) is 13.7 Å². The van der Waals surface area contributed by atoms with E-state index in [4.69, 9.17) is 4.74 Å². The van der Waals surface area contributed by atoms with Crippen molar-refractivity contribution in [2.75, 3.05) is 19.0 Å². The van der Waals surface area contributed by atoms with Gasteiger partial charge in [0.2, 0.25) is 5.91 Å². The van der Waals surface area contributed by atoms with Gasteiger partial charge in [0, 0.05) is 17.8 Å². The van der Waals surface area contributed by atoms with Gasteiger partial charge in [-0.2, -0.15) is 0 Å². The molecule has 4 heteroatoms. The second-order valence-electron chi connectivity index (χ2n) is 4.26. The average Bonchev–Trinajstić information content (AvgIpc) is 2.27. The third-order valence-corrected chi connectivity index (χ3v) is 2.33. The molecule has 0 fully saturated rings. The predicted molar refractivity (Wildman–Crippen MR) is 69.5 cm³/mol. The Balaban J connectivity index is 2.59. The van der Waals surface area contributed by atoms with Crippen molar-refractivity contribution in [2.24, 2.45) is 0 Å². The lowest BCUT2D eigenvalue weighted by atomic mass is 10.2. The first kappa shape index (κ1) is 13.4. The van der Waals surface area contributed by atoms with E-state index in [0.29, 0.717) is 0 Å². The van der Waals surface area contributed by atoms with Crippen LogP contribution in [-0.2, 0) is 4.79 Å². The normalized spacial score (nSPS) is 10.2. The SMILES string of the molecule is COc1ccc(C)c(NCC(=O)NC(C)C)c1. The van der Waals surface area contributed by atoms with Gasteiger partial charge in [-0.15, -0.1) is 0 Å². The molecule has 2 N–H and O–H groups in total. The average molecular weight is 236 g/mol. The molecule has 17 heavy (non-hydrogen) atoms. The monoisotopic (exact) mass is 236 g/mol. The molecule has 1 rings (SSSR count). The molecule has 94 valence electrons. The van der Waals surface area contributed by atoms with Crippen LogP contribution in [0.5, 0.6) is 5.75 Å². The third-order valence-electron chi connectivity index (χ3n) is 2.33. The number of ether oxygens (including phenoxy) is 1. The van der Waals surface area contributed by atoms with Gasteiger partial charge in [0.15, 0.2) is 0 Å². The predicted octanol–water partition coefficient (Wildman–Crippen LogP) is 1.94. The summed E-state index contributed by atoms with van der Waals surface area (Å²) in [5.41, 5.74) is 2.01. The van der Waals surface area contributed by atoms with Gasteiger partial charge in [-0.1, -0.05) is 6.07 Å². The fraction of sp³-hybridized carbons (Fsp3) is 0.462. The Kier molecular flexibility index (Phi) is 4.82. The number of amides is 1. The van der Waals surface area contributed by atoms with Crippen LogP contribution >= 0.6 is 0 Å². The Morgan fingerprint density at radius 2 is 2.12 bits per heavy atom. The molecule has 1 aromatic rings. The summed E-state index contributed by atoms with van der Waals surface area (Å²) in [5.74, 6) is 0.768. The Labute approximate surface area is 102 Å². The van der Waals surface area contributed by atoms with Crippen molar-refractivity contribution in [1.82, 2.24) is 5.32 Å². The highest BCUT2D eigenvalue weighted by atomic mass is 16.5. The van der Waals surface area contributed by atoms with Crippen LogP contribution in [0, 0.1) is 6.92 Å². The van der Waals surface area contributed by atoms with E-state index in [1.807, 2.05) is 39.0 Å². The highest BCUT2D eigenvalue weighted by Crippen LogP contribution is 2.21. The van der Waals surface area contributed by atoms with Crippen LogP contribution in [0.25, 0.3) is 0 Å². The number of benzene rings is 1. The van der Waals surface area contributed by atoms with Crippen molar-refractivity contribution in [2.45, 2.75) is 26.8 Å². The lowest BCUT2D eigenvalue weighted by Crippen LogP contribution is -2.34. The lowest BCUT2D eigenvalue weighted by molar-refractivity contribution is -0.119. The van der Waals surface area contributed by atoms with Gasteiger partial charge in [-0.3, -0.25) is 4.79 Å². The maximum absolute atomic E-state index is 11.5. The van der Waals surface area contributed by atoms with Gasteiger partial charge in [0.1, 0.15) is 5.75 Å². The molecule has 4 nitrogen and oxygen atoms in total. The quantitative estimate of drug-likeness (QED) is 0.821. The summed E-state index contributed by atoms with van der Waals surface area (Å²) >= 11 is 0. The minimum absolute atomic E-state index is 0.0118. The second-order valence-corrected chi connectivity index (χ2v) is 4.26. The van der Waals surface area contributed by atoms with E-state index < -0.39 is 0 Å². The number of rotatable bonds is 5. The van der Waals surface area contributed by atoms with Crippen LogP contribution in [0.15, 0.2) is 18.2 Å². The fourth-order valence-electron chi connectivity index (χ4n) is 1.47. The van der Waals surface area contributed by atoms with E-state index in [9.17, 15) is 4.79 Å². The lowest BCUT2D eigenvalue weighted by Gasteiger charge is -2.12. The summed E-state index contributed by atoms with van der Waals surface area (Å²) < 4.78 is 5.14. The summed E-state index contributed by atoms with van der Waals surface area (Å²) in [7, 11) is 1.62. The molecule has 0 spiro atoms. The molecule has 0 radical (unpaired) electrons. The highest BCUT2D eigenvalue weighted by Gasteiger charge is 2.05. The van der Waals surface area contributed by atoms with E-state index in [0.717, 1.165) is 17.0 Å². The Hall–Kier alpha value is -1.71. The second kappa shape index (κ2) is 6.13. The molecule has 0 aliphatic heterocycles. The molecule has 0 heterocycles. The van der Waals surface area contributed by atoms with Crippen LogP contribution in [0.3, 0.4) is 0 Å². The topological polar surface area (TPSA) is 50.4 Å². The van der Waals surface area contributed by atoms with Gasteiger partial charge in [-0.25, -0.2) is 0 Å². The third kappa shape index (κ3) is 4.34. The zero-order chi connectivity index (χ0) is 12.8. The van der Waals surface area contributed by atoms with Crippen molar-refractivity contribution in [3.05, 3.63) is 23.8 Å².